The molecule has 2 fully saturated rings. The van der Waals surface area contributed by atoms with Crippen molar-refractivity contribution in [2.75, 3.05) is 13.1 Å². The van der Waals surface area contributed by atoms with Crippen LogP contribution in [-0.2, 0) is 9.59 Å². The Bertz CT molecular complexity index is 994. The Morgan fingerprint density at radius 3 is 2.73 bits per heavy atom. The van der Waals surface area contributed by atoms with Gasteiger partial charge in [0.1, 0.15) is 6.54 Å². The van der Waals surface area contributed by atoms with E-state index in [4.69, 9.17) is 11.6 Å². The number of likely N-dealkylation sites (tertiary alicyclic amines) is 1. The number of pyridine rings is 1. The van der Waals surface area contributed by atoms with Crippen molar-refractivity contribution in [3.05, 3.63) is 69.8 Å². The topological polar surface area (TPSA) is 70.6 Å². The third kappa shape index (κ3) is 4.42. The monoisotopic (exact) mass is 441 g/mol. The van der Waals surface area contributed by atoms with Crippen molar-refractivity contribution in [1.29, 1.82) is 0 Å². The highest BCUT2D eigenvalue weighted by Crippen LogP contribution is 2.34. The van der Waals surface area contributed by atoms with Crippen LogP contribution in [0.2, 0.25) is 5.02 Å². The normalized spacial score (nSPS) is 20.8. The molecule has 0 bridgehead atoms. The number of hydrogen-bond donors (Lipinski definition) is 0. The first-order chi connectivity index (χ1) is 14.5. The molecule has 154 valence electrons. The summed E-state index contributed by atoms with van der Waals surface area (Å²) in [6.45, 7) is 0.356. The molecule has 0 radical (unpaired) electrons. The predicted octanol–water partition coefficient (Wildman–Crippen LogP) is 4.53. The fraction of sp³-hybridized carbons (Fsp3) is 0.273. The lowest BCUT2D eigenvalue weighted by Gasteiger charge is -2.36. The van der Waals surface area contributed by atoms with Crippen LogP contribution in [-0.4, -0.2) is 44.9 Å². The Labute approximate surface area is 183 Å². The number of carbonyl (C=O) groups is 3. The fourth-order valence-corrected chi connectivity index (χ4v) is 4.69. The molecule has 8 heteroatoms. The molecule has 1 aromatic carbocycles. The van der Waals surface area contributed by atoms with E-state index in [1.54, 1.807) is 47.6 Å². The van der Waals surface area contributed by atoms with Crippen LogP contribution in [0.5, 0.6) is 0 Å². The predicted molar refractivity (Wildman–Crippen MR) is 117 cm³/mol. The number of piperidine rings is 1. The van der Waals surface area contributed by atoms with Crippen LogP contribution in [0.25, 0.3) is 6.08 Å². The molecule has 0 aliphatic carbocycles. The summed E-state index contributed by atoms with van der Waals surface area (Å²) < 4.78 is 0. The van der Waals surface area contributed by atoms with E-state index in [1.807, 2.05) is 12.1 Å². The molecular weight excluding hydrogens is 422 g/mol. The highest BCUT2D eigenvalue weighted by molar-refractivity contribution is 8.18. The van der Waals surface area contributed by atoms with Gasteiger partial charge in [0.05, 0.1) is 10.9 Å². The van der Waals surface area contributed by atoms with Crippen LogP contribution >= 0.6 is 23.4 Å². The van der Waals surface area contributed by atoms with Gasteiger partial charge in [-0.05, 0) is 66.4 Å². The standard InChI is InChI=1S/C22H20ClN3O3S/c23-17-8-6-15(7-9-17)12-19-21(28)26(22(29)30-19)14-20(27)25-11-2-1-5-18(25)16-4-3-10-24-13-16/h3-4,6-10,12-13,18H,1-2,5,11,14H2/b19-12+/t18-/m0/s1. The second-order valence-electron chi connectivity index (χ2n) is 7.20. The van der Waals surface area contributed by atoms with Gasteiger partial charge in [-0.1, -0.05) is 29.8 Å². The quantitative estimate of drug-likeness (QED) is 0.652. The lowest BCUT2D eigenvalue weighted by molar-refractivity contribution is -0.138. The van der Waals surface area contributed by atoms with Crippen molar-refractivity contribution in [3.63, 3.8) is 0 Å². The van der Waals surface area contributed by atoms with E-state index in [1.165, 1.54) is 0 Å². The molecule has 4 rings (SSSR count). The van der Waals surface area contributed by atoms with Crippen molar-refractivity contribution < 1.29 is 14.4 Å². The zero-order chi connectivity index (χ0) is 21.1. The minimum Gasteiger partial charge on any atom is -0.334 e. The van der Waals surface area contributed by atoms with E-state index in [-0.39, 0.29) is 18.5 Å². The largest absolute Gasteiger partial charge is 0.334 e. The van der Waals surface area contributed by atoms with Crippen molar-refractivity contribution >= 4 is 46.5 Å². The number of nitrogens with zero attached hydrogens (tertiary/aromatic N) is 3. The van der Waals surface area contributed by atoms with Crippen LogP contribution < -0.4 is 0 Å². The van der Waals surface area contributed by atoms with Gasteiger partial charge in [0.25, 0.3) is 11.1 Å². The molecule has 0 unspecified atom stereocenters. The number of halogens is 1. The maximum absolute atomic E-state index is 13.0. The van der Waals surface area contributed by atoms with Crippen LogP contribution in [0, 0.1) is 0 Å². The Kier molecular flexibility index (Phi) is 6.20. The van der Waals surface area contributed by atoms with Gasteiger partial charge in [-0.3, -0.25) is 24.3 Å². The highest BCUT2D eigenvalue weighted by atomic mass is 35.5. The molecule has 3 heterocycles. The fourth-order valence-electron chi connectivity index (χ4n) is 3.72. The van der Waals surface area contributed by atoms with Crippen LogP contribution in [0.3, 0.4) is 0 Å². The second kappa shape index (κ2) is 9.02. The van der Waals surface area contributed by atoms with Crippen LogP contribution in [0.15, 0.2) is 53.7 Å². The Balaban J connectivity index is 1.49. The van der Waals surface area contributed by atoms with Crippen LogP contribution in [0.1, 0.15) is 36.4 Å². The molecule has 30 heavy (non-hydrogen) atoms. The molecule has 1 aromatic heterocycles. The lowest BCUT2D eigenvalue weighted by atomic mass is 9.96. The maximum Gasteiger partial charge on any atom is 0.294 e. The molecule has 6 nitrogen and oxygen atoms in total. The van der Waals surface area contributed by atoms with Gasteiger partial charge in [-0.2, -0.15) is 0 Å². The molecule has 0 N–H and O–H groups in total. The molecule has 2 saturated heterocycles. The summed E-state index contributed by atoms with van der Waals surface area (Å²) >= 11 is 6.74. The third-order valence-corrected chi connectivity index (χ3v) is 6.39. The molecule has 2 aromatic rings. The van der Waals surface area contributed by atoms with Gasteiger partial charge in [0.2, 0.25) is 5.91 Å². The number of benzene rings is 1. The van der Waals surface area contributed by atoms with Crippen molar-refractivity contribution in [2.45, 2.75) is 25.3 Å². The first-order valence-corrected chi connectivity index (χ1v) is 10.9. The Morgan fingerprint density at radius 1 is 1.20 bits per heavy atom. The van der Waals surface area contributed by atoms with Crippen molar-refractivity contribution in [3.8, 4) is 0 Å². The SMILES string of the molecule is O=C1S/C(=C/c2ccc(Cl)cc2)C(=O)N1CC(=O)N1CCCC[C@H]1c1cccnc1. The van der Waals surface area contributed by atoms with E-state index >= 15 is 0 Å². The van der Waals surface area contributed by atoms with Crippen LogP contribution in [0.4, 0.5) is 4.79 Å². The van der Waals surface area contributed by atoms with Crippen molar-refractivity contribution in [2.24, 2.45) is 0 Å². The van der Waals surface area contributed by atoms with Crippen molar-refractivity contribution in [1.82, 2.24) is 14.8 Å². The van der Waals surface area contributed by atoms with Gasteiger partial charge in [0, 0.05) is 24.0 Å². The number of thioether (sulfide) groups is 1. The number of aromatic nitrogens is 1. The molecule has 2 aliphatic rings. The first-order valence-electron chi connectivity index (χ1n) is 9.73. The molecule has 1 atom stereocenters. The number of imide groups is 1. The number of rotatable bonds is 4. The highest BCUT2D eigenvalue weighted by Gasteiger charge is 2.38. The third-order valence-electron chi connectivity index (χ3n) is 5.23. The van der Waals surface area contributed by atoms with E-state index in [0.29, 0.717) is 16.5 Å². The summed E-state index contributed by atoms with van der Waals surface area (Å²) in [7, 11) is 0. The van der Waals surface area contributed by atoms with E-state index in [9.17, 15) is 14.4 Å². The summed E-state index contributed by atoms with van der Waals surface area (Å²) in [6, 6.07) is 10.7. The number of carbonyl (C=O) groups excluding carboxylic acids is 3. The summed E-state index contributed by atoms with van der Waals surface area (Å²) in [5.74, 6) is -0.665. The number of hydrogen-bond acceptors (Lipinski definition) is 5. The van der Waals surface area contributed by atoms with Gasteiger partial charge in [0.15, 0.2) is 0 Å². The van der Waals surface area contributed by atoms with E-state index in [0.717, 1.165) is 47.1 Å². The van der Waals surface area contributed by atoms with E-state index < -0.39 is 11.1 Å². The number of amides is 3. The molecule has 3 amide bonds. The second-order valence-corrected chi connectivity index (χ2v) is 8.63. The minimum absolute atomic E-state index is 0.0792. The summed E-state index contributed by atoms with van der Waals surface area (Å²) in [5, 5.41) is 0.166. The first kappa shape index (κ1) is 20.6. The van der Waals surface area contributed by atoms with Gasteiger partial charge < -0.3 is 4.90 Å². The van der Waals surface area contributed by atoms with Gasteiger partial charge in [-0.25, -0.2) is 0 Å². The van der Waals surface area contributed by atoms with E-state index in [2.05, 4.69) is 4.98 Å². The molecular formula is C22H20ClN3O3S. The minimum atomic E-state index is -0.441. The zero-order valence-corrected chi connectivity index (χ0v) is 17.7. The smallest absolute Gasteiger partial charge is 0.294 e. The Hall–Kier alpha value is -2.64. The average molecular weight is 442 g/mol. The Morgan fingerprint density at radius 2 is 2.00 bits per heavy atom. The molecule has 0 spiro atoms. The summed E-state index contributed by atoms with van der Waals surface area (Å²) in [6.07, 6.45) is 7.88. The van der Waals surface area contributed by atoms with Gasteiger partial charge in [-0.15, -0.1) is 0 Å². The van der Waals surface area contributed by atoms with Gasteiger partial charge >= 0.3 is 0 Å². The average Bonchev–Trinajstić information content (AvgIpc) is 3.03. The maximum atomic E-state index is 13.0. The summed E-state index contributed by atoms with van der Waals surface area (Å²) in [5.41, 5.74) is 1.74. The summed E-state index contributed by atoms with van der Waals surface area (Å²) in [4.78, 5) is 45.5. The molecule has 2 aliphatic heterocycles. The zero-order valence-electron chi connectivity index (χ0n) is 16.2. The molecule has 0 saturated carbocycles. The lowest BCUT2D eigenvalue weighted by Crippen LogP contribution is -2.45.